The van der Waals surface area contributed by atoms with Crippen molar-refractivity contribution in [1.29, 1.82) is 0 Å². The number of carbonyl (C=O) groups excluding carboxylic acids is 2. The Bertz CT molecular complexity index is 1650. The molecule has 2 saturated heterocycles. The van der Waals surface area contributed by atoms with Gasteiger partial charge < -0.3 is 29.4 Å². The molecule has 1 aromatic carbocycles. The van der Waals surface area contributed by atoms with Gasteiger partial charge in [-0.3, -0.25) is 19.6 Å². The minimum Gasteiger partial charge on any atom is -0.464 e. The highest BCUT2D eigenvalue weighted by Gasteiger charge is 2.37. The summed E-state index contributed by atoms with van der Waals surface area (Å²) in [7, 11) is 1.52. The number of nitrogens with one attached hydrogen (secondary N) is 1. The summed E-state index contributed by atoms with van der Waals surface area (Å²) >= 11 is 0. The van der Waals surface area contributed by atoms with Crippen LogP contribution in [-0.2, 0) is 36.8 Å². The van der Waals surface area contributed by atoms with Crippen molar-refractivity contribution >= 4 is 40.3 Å². The summed E-state index contributed by atoms with van der Waals surface area (Å²) < 4.78 is 62.1. The third kappa shape index (κ3) is 8.25. The molecule has 0 aliphatic carbocycles. The van der Waals surface area contributed by atoms with Crippen LogP contribution in [0.1, 0.15) is 58.2 Å². The Labute approximate surface area is 291 Å². The Hall–Kier alpha value is -3.72. The van der Waals surface area contributed by atoms with Crippen LogP contribution in [0, 0.1) is 5.41 Å². The SMILES string of the molecule is C=C/C(=C(\N=CC)[C@H](C)OC)c1c2c3cc(ccc3n1CC(F)(F)F)N1CCO[C@@H](C[C@H](N)C(=O)N3CCC[C@H](N3)C(=O)OCC(C)(C)C2)C1. The number of benzene rings is 1. The van der Waals surface area contributed by atoms with Crippen molar-refractivity contribution in [2.24, 2.45) is 16.1 Å². The van der Waals surface area contributed by atoms with E-state index in [-0.39, 0.29) is 31.5 Å². The van der Waals surface area contributed by atoms with E-state index < -0.39 is 42.3 Å². The maximum absolute atomic E-state index is 14.4. The predicted molar refractivity (Wildman–Crippen MR) is 187 cm³/mol. The first kappa shape index (κ1) is 37.5. The number of nitrogens with two attached hydrogens (primary N) is 1. The second-order valence-electron chi connectivity index (χ2n) is 14.0. The predicted octanol–water partition coefficient (Wildman–Crippen LogP) is 4.77. The third-order valence-electron chi connectivity index (χ3n) is 9.57. The Morgan fingerprint density at radius 2 is 2.04 bits per heavy atom. The number of anilines is 1. The second kappa shape index (κ2) is 15.3. The fourth-order valence-electron chi connectivity index (χ4n) is 7.10. The molecule has 1 amide bonds. The molecule has 14 heteroatoms. The Balaban J connectivity index is 1.74. The highest BCUT2D eigenvalue weighted by atomic mass is 19.4. The zero-order valence-electron chi connectivity index (χ0n) is 29.5. The lowest BCUT2D eigenvalue weighted by Crippen LogP contribution is -2.59. The lowest BCUT2D eigenvalue weighted by atomic mass is 9.84. The Morgan fingerprint density at radius 1 is 1.28 bits per heavy atom. The Morgan fingerprint density at radius 3 is 2.72 bits per heavy atom. The van der Waals surface area contributed by atoms with Crippen LogP contribution in [0.15, 0.2) is 41.5 Å². The normalized spacial score (nSPS) is 24.9. The number of amides is 1. The van der Waals surface area contributed by atoms with Gasteiger partial charge >= 0.3 is 12.1 Å². The summed E-state index contributed by atoms with van der Waals surface area (Å²) in [6, 6.07) is 3.84. The van der Waals surface area contributed by atoms with Crippen molar-refractivity contribution in [1.82, 2.24) is 15.0 Å². The number of hydrogen-bond acceptors (Lipinski definition) is 9. The van der Waals surface area contributed by atoms with Gasteiger partial charge in [0.25, 0.3) is 5.91 Å². The van der Waals surface area contributed by atoms with E-state index in [2.05, 4.69) is 21.9 Å². The first-order valence-electron chi connectivity index (χ1n) is 17.1. The van der Waals surface area contributed by atoms with Crippen molar-refractivity contribution in [2.75, 3.05) is 44.9 Å². The number of ether oxygens (including phenoxy) is 3. The third-order valence-corrected chi connectivity index (χ3v) is 9.57. The molecule has 5 rings (SSSR count). The number of hydrogen-bond donors (Lipinski definition) is 2. The Kier molecular flexibility index (Phi) is 11.5. The number of hydrazine groups is 1. The van der Waals surface area contributed by atoms with Crippen molar-refractivity contribution in [3.8, 4) is 0 Å². The molecule has 3 aliphatic heterocycles. The summed E-state index contributed by atoms with van der Waals surface area (Å²) in [6.45, 7) is 11.9. The molecule has 0 radical (unpaired) electrons. The topological polar surface area (TPSA) is 124 Å². The maximum Gasteiger partial charge on any atom is 0.406 e. The lowest BCUT2D eigenvalue weighted by molar-refractivity contribution is -0.155. The van der Waals surface area contributed by atoms with Gasteiger partial charge in [0.05, 0.1) is 42.9 Å². The smallest absolute Gasteiger partial charge is 0.406 e. The molecule has 3 aliphatic rings. The molecule has 2 fully saturated rings. The number of alkyl halides is 3. The van der Waals surface area contributed by atoms with Crippen molar-refractivity contribution in [2.45, 2.75) is 90.4 Å². The van der Waals surface area contributed by atoms with E-state index in [1.807, 2.05) is 26.0 Å². The standard InChI is InChI=1S/C36H49F3N6O5/c1-7-25(31(41-8-2)22(3)48-6)32-27-18-35(4,5)21-50-34(47)29-10-9-13-45(42-29)33(46)28(40)17-24-19-43(14-15-49-24)23-11-12-30(26(27)16-23)44(32)20-36(37,38)39/h7-8,11-12,16,22,24,28-29,42H,1,9-10,13-15,17-21,40H2,2-6H3/b31-25+,41-8?/t22-,24-,28-,29-/m0/s1. The van der Waals surface area contributed by atoms with E-state index in [1.165, 1.54) is 22.8 Å². The lowest BCUT2D eigenvalue weighted by Gasteiger charge is -2.37. The molecule has 11 nitrogen and oxygen atoms in total. The van der Waals surface area contributed by atoms with Crippen LogP contribution in [-0.4, -0.2) is 98.1 Å². The van der Waals surface area contributed by atoms with E-state index in [0.717, 1.165) is 5.69 Å². The van der Waals surface area contributed by atoms with Gasteiger partial charge in [0.15, 0.2) is 0 Å². The number of rotatable bonds is 6. The summed E-state index contributed by atoms with van der Waals surface area (Å²) in [6.07, 6.45) is -0.788. The van der Waals surface area contributed by atoms with Gasteiger partial charge in [0.2, 0.25) is 0 Å². The average molecular weight is 703 g/mol. The molecule has 3 N–H and O–H groups in total. The average Bonchev–Trinajstić information content (AvgIpc) is 3.35. The van der Waals surface area contributed by atoms with Gasteiger partial charge in [-0.05, 0) is 63.3 Å². The molecular formula is C36H49F3N6O5. The minimum atomic E-state index is -4.55. The van der Waals surface area contributed by atoms with E-state index in [0.29, 0.717) is 72.5 Å². The number of esters is 1. The molecule has 1 aromatic heterocycles. The second-order valence-corrected chi connectivity index (χ2v) is 14.0. The molecule has 0 saturated carbocycles. The number of carbonyl (C=O) groups is 2. The molecule has 2 aromatic rings. The van der Waals surface area contributed by atoms with Crippen LogP contribution in [0.3, 0.4) is 0 Å². The summed E-state index contributed by atoms with van der Waals surface area (Å²) in [4.78, 5) is 33.4. The van der Waals surface area contributed by atoms with Crippen molar-refractivity contribution in [3.05, 3.63) is 47.8 Å². The summed E-state index contributed by atoms with van der Waals surface area (Å²) in [5, 5.41) is 2.04. The number of cyclic esters (lactones) is 1. The van der Waals surface area contributed by atoms with Gasteiger partial charge in [-0.15, -0.1) is 0 Å². The van der Waals surface area contributed by atoms with Gasteiger partial charge in [0.1, 0.15) is 12.6 Å². The van der Waals surface area contributed by atoms with E-state index >= 15 is 0 Å². The van der Waals surface area contributed by atoms with Crippen molar-refractivity contribution < 1.29 is 37.0 Å². The summed E-state index contributed by atoms with van der Waals surface area (Å²) in [5.74, 6) is -0.839. The molecule has 274 valence electrons. The minimum absolute atomic E-state index is 0.0186. The van der Waals surface area contributed by atoms with Crippen LogP contribution in [0.4, 0.5) is 18.9 Å². The van der Waals surface area contributed by atoms with Crippen LogP contribution in [0.25, 0.3) is 16.5 Å². The van der Waals surface area contributed by atoms with Crippen LogP contribution < -0.4 is 16.1 Å². The number of fused-ring (bicyclic) bond motifs is 6. The van der Waals surface area contributed by atoms with Gasteiger partial charge in [-0.25, -0.2) is 5.43 Å². The molecule has 50 heavy (non-hydrogen) atoms. The first-order chi connectivity index (χ1) is 23.7. The van der Waals surface area contributed by atoms with Gasteiger partial charge in [-0.2, -0.15) is 13.2 Å². The largest absolute Gasteiger partial charge is 0.464 e. The molecule has 0 spiro atoms. The van der Waals surface area contributed by atoms with E-state index in [1.54, 1.807) is 26.1 Å². The van der Waals surface area contributed by atoms with Crippen LogP contribution in [0.5, 0.6) is 0 Å². The molecular weight excluding hydrogens is 653 g/mol. The molecule has 4 atom stereocenters. The molecule has 6 bridgehead atoms. The number of aromatic nitrogens is 1. The van der Waals surface area contributed by atoms with E-state index in [4.69, 9.17) is 19.9 Å². The number of morpholine rings is 1. The highest BCUT2D eigenvalue weighted by Crippen LogP contribution is 2.41. The molecule has 4 heterocycles. The molecule has 0 unspecified atom stereocenters. The zero-order chi connectivity index (χ0) is 36.4. The number of halogens is 3. The number of nitrogens with zero attached hydrogens (tertiary/aromatic N) is 4. The van der Waals surface area contributed by atoms with Gasteiger partial charge in [-0.1, -0.05) is 26.5 Å². The summed E-state index contributed by atoms with van der Waals surface area (Å²) in [5.41, 5.74) is 11.7. The van der Waals surface area contributed by atoms with Crippen molar-refractivity contribution in [3.63, 3.8) is 0 Å². The monoisotopic (exact) mass is 702 g/mol. The quantitative estimate of drug-likeness (QED) is 0.251. The highest BCUT2D eigenvalue weighted by molar-refractivity contribution is 5.95. The number of aliphatic imine (C=N–C) groups is 1. The maximum atomic E-state index is 14.4. The number of methoxy groups -OCH3 is 1. The van der Waals surface area contributed by atoms with E-state index in [9.17, 15) is 22.8 Å². The zero-order valence-corrected chi connectivity index (χ0v) is 29.5. The van der Waals surface area contributed by atoms with Crippen LogP contribution in [0.2, 0.25) is 0 Å². The fourth-order valence-corrected chi connectivity index (χ4v) is 7.10. The fraction of sp³-hybridized carbons (Fsp3) is 0.583. The number of allylic oxidation sites excluding steroid dienone is 2. The van der Waals surface area contributed by atoms with Gasteiger partial charge in [0, 0.05) is 60.5 Å². The van der Waals surface area contributed by atoms with Crippen LogP contribution >= 0.6 is 0 Å². The first-order valence-corrected chi connectivity index (χ1v) is 17.1.